The SMILES string of the molecule is O=C(NN1C(=O)/C(=C/c2cccc(Cl)c2)SC1=S)c1ccc(Br)cc1. The quantitative estimate of drug-likeness (QED) is 0.543. The molecule has 3 rings (SSSR count). The van der Waals surface area contributed by atoms with Gasteiger partial charge in [0.25, 0.3) is 11.8 Å². The van der Waals surface area contributed by atoms with E-state index in [-0.39, 0.29) is 10.2 Å². The lowest BCUT2D eigenvalue weighted by atomic mass is 10.2. The van der Waals surface area contributed by atoms with Crippen molar-refractivity contribution in [2.24, 2.45) is 0 Å². The minimum atomic E-state index is -0.409. The summed E-state index contributed by atoms with van der Waals surface area (Å²) < 4.78 is 1.13. The minimum Gasteiger partial charge on any atom is -0.267 e. The largest absolute Gasteiger partial charge is 0.285 e. The van der Waals surface area contributed by atoms with Crippen LogP contribution in [-0.4, -0.2) is 21.1 Å². The van der Waals surface area contributed by atoms with Gasteiger partial charge in [-0.05, 0) is 60.3 Å². The summed E-state index contributed by atoms with van der Waals surface area (Å²) in [7, 11) is 0. The van der Waals surface area contributed by atoms with Gasteiger partial charge in [0.15, 0.2) is 4.32 Å². The van der Waals surface area contributed by atoms with Crippen molar-refractivity contribution in [1.82, 2.24) is 10.4 Å². The predicted molar refractivity (Wildman–Crippen MR) is 108 cm³/mol. The van der Waals surface area contributed by atoms with Gasteiger partial charge in [0, 0.05) is 15.1 Å². The molecule has 0 spiro atoms. The van der Waals surface area contributed by atoms with Crippen LogP contribution in [0, 0.1) is 0 Å². The highest BCUT2D eigenvalue weighted by molar-refractivity contribution is 9.10. The van der Waals surface area contributed by atoms with Crippen LogP contribution >= 0.6 is 51.5 Å². The lowest BCUT2D eigenvalue weighted by Gasteiger charge is -2.15. The third-order valence-corrected chi connectivity index (χ3v) is 5.33. The second kappa shape index (κ2) is 7.70. The van der Waals surface area contributed by atoms with Crippen molar-refractivity contribution in [3.05, 3.63) is 74.1 Å². The van der Waals surface area contributed by atoms with Gasteiger partial charge in [-0.3, -0.25) is 15.0 Å². The molecule has 25 heavy (non-hydrogen) atoms. The van der Waals surface area contributed by atoms with Gasteiger partial charge in [0.1, 0.15) is 0 Å². The van der Waals surface area contributed by atoms with Crippen LogP contribution in [-0.2, 0) is 4.79 Å². The molecule has 0 unspecified atom stereocenters. The van der Waals surface area contributed by atoms with Gasteiger partial charge in [-0.1, -0.05) is 51.4 Å². The molecule has 8 heteroatoms. The molecule has 0 bridgehead atoms. The topological polar surface area (TPSA) is 49.4 Å². The zero-order chi connectivity index (χ0) is 18.0. The molecule has 126 valence electrons. The molecule has 1 saturated heterocycles. The zero-order valence-corrected chi connectivity index (χ0v) is 16.5. The van der Waals surface area contributed by atoms with E-state index in [4.69, 9.17) is 23.8 Å². The van der Waals surface area contributed by atoms with Crippen LogP contribution in [0.2, 0.25) is 5.02 Å². The molecular formula is C17H10BrClN2O2S2. The smallest absolute Gasteiger partial charge is 0.267 e. The number of hydrogen-bond donors (Lipinski definition) is 1. The third kappa shape index (κ3) is 4.30. The fourth-order valence-corrected chi connectivity index (χ4v) is 3.72. The van der Waals surface area contributed by atoms with Crippen LogP contribution in [0.4, 0.5) is 0 Å². The maximum atomic E-state index is 12.5. The normalized spacial score (nSPS) is 15.8. The molecule has 2 amide bonds. The Balaban J connectivity index is 1.77. The van der Waals surface area contributed by atoms with E-state index in [0.29, 0.717) is 15.5 Å². The average Bonchev–Trinajstić information content (AvgIpc) is 2.83. The molecule has 2 aromatic rings. The summed E-state index contributed by atoms with van der Waals surface area (Å²) in [5.74, 6) is -0.784. The molecule has 0 aliphatic carbocycles. The van der Waals surface area contributed by atoms with E-state index < -0.39 is 5.91 Å². The standard InChI is InChI=1S/C17H10BrClN2O2S2/c18-12-6-4-11(5-7-12)15(22)20-21-16(23)14(25-17(21)24)9-10-2-1-3-13(19)8-10/h1-9H,(H,20,22)/b14-9-. The Morgan fingerprint density at radius 1 is 1.24 bits per heavy atom. The average molecular weight is 454 g/mol. The molecule has 0 saturated carbocycles. The number of halogens is 2. The van der Waals surface area contributed by atoms with Crippen molar-refractivity contribution < 1.29 is 9.59 Å². The summed E-state index contributed by atoms with van der Waals surface area (Å²) in [6.07, 6.45) is 1.69. The number of carbonyl (C=O) groups excluding carboxylic acids is 2. The van der Waals surface area contributed by atoms with Gasteiger partial charge in [0.05, 0.1) is 4.91 Å². The highest BCUT2D eigenvalue weighted by atomic mass is 79.9. The molecule has 1 fully saturated rings. The van der Waals surface area contributed by atoms with Gasteiger partial charge < -0.3 is 0 Å². The lowest BCUT2D eigenvalue weighted by Crippen LogP contribution is -2.44. The molecule has 1 aliphatic heterocycles. The Kier molecular flexibility index (Phi) is 5.58. The maximum Gasteiger partial charge on any atom is 0.285 e. The number of hydrazine groups is 1. The van der Waals surface area contributed by atoms with Gasteiger partial charge >= 0.3 is 0 Å². The van der Waals surface area contributed by atoms with E-state index in [1.54, 1.807) is 48.5 Å². The fraction of sp³-hybridized carbons (Fsp3) is 0. The summed E-state index contributed by atoms with van der Waals surface area (Å²) in [5.41, 5.74) is 3.75. The molecule has 0 aromatic heterocycles. The first-order valence-electron chi connectivity index (χ1n) is 7.04. The minimum absolute atomic E-state index is 0.267. The Morgan fingerprint density at radius 3 is 2.64 bits per heavy atom. The van der Waals surface area contributed by atoms with Crippen LogP contribution in [0.3, 0.4) is 0 Å². The number of amides is 2. The summed E-state index contributed by atoms with van der Waals surface area (Å²) in [6, 6.07) is 13.9. The van der Waals surface area contributed by atoms with Crippen LogP contribution in [0.15, 0.2) is 57.9 Å². The van der Waals surface area contributed by atoms with Crippen LogP contribution in [0.1, 0.15) is 15.9 Å². The second-order valence-electron chi connectivity index (χ2n) is 5.02. The number of hydrogen-bond acceptors (Lipinski definition) is 4. The summed E-state index contributed by atoms with van der Waals surface area (Å²) in [5, 5.41) is 1.66. The number of rotatable bonds is 3. The van der Waals surface area contributed by atoms with Crippen molar-refractivity contribution in [3.8, 4) is 0 Å². The Labute approximate surface area is 167 Å². The van der Waals surface area contributed by atoms with Crippen molar-refractivity contribution in [2.75, 3.05) is 0 Å². The van der Waals surface area contributed by atoms with Crippen LogP contribution in [0.5, 0.6) is 0 Å². The van der Waals surface area contributed by atoms with Crippen molar-refractivity contribution in [3.63, 3.8) is 0 Å². The molecule has 1 N–H and O–H groups in total. The molecule has 1 aliphatic rings. The van der Waals surface area contributed by atoms with E-state index in [1.807, 2.05) is 6.07 Å². The first kappa shape index (κ1) is 18.1. The first-order chi connectivity index (χ1) is 11.9. The summed E-state index contributed by atoms with van der Waals surface area (Å²) in [4.78, 5) is 25.2. The third-order valence-electron chi connectivity index (χ3n) is 3.26. The van der Waals surface area contributed by atoms with Crippen molar-refractivity contribution >= 4 is 73.7 Å². The molecule has 4 nitrogen and oxygen atoms in total. The maximum absolute atomic E-state index is 12.5. The van der Waals surface area contributed by atoms with Gasteiger partial charge in [0.2, 0.25) is 0 Å². The zero-order valence-electron chi connectivity index (χ0n) is 12.5. The van der Waals surface area contributed by atoms with E-state index in [0.717, 1.165) is 26.8 Å². The van der Waals surface area contributed by atoms with Crippen LogP contribution in [0.25, 0.3) is 6.08 Å². The van der Waals surface area contributed by atoms with Gasteiger partial charge in [-0.2, -0.15) is 5.01 Å². The number of thiocarbonyl (C=S) groups is 1. The van der Waals surface area contributed by atoms with Gasteiger partial charge in [-0.25, -0.2) is 0 Å². The predicted octanol–water partition coefficient (Wildman–Crippen LogP) is 4.65. The van der Waals surface area contributed by atoms with Crippen molar-refractivity contribution in [2.45, 2.75) is 0 Å². The Hall–Kier alpha value is -1.67. The van der Waals surface area contributed by atoms with E-state index in [9.17, 15) is 9.59 Å². The number of nitrogens with one attached hydrogen (secondary N) is 1. The molecule has 0 radical (unpaired) electrons. The van der Waals surface area contributed by atoms with Crippen molar-refractivity contribution in [1.29, 1.82) is 0 Å². The highest BCUT2D eigenvalue weighted by Crippen LogP contribution is 2.31. The number of nitrogens with zero attached hydrogens (tertiary/aromatic N) is 1. The van der Waals surface area contributed by atoms with E-state index >= 15 is 0 Å². The molecule has 2 aromatic carbocycles. The summed E-state index contributed by atoms with van der Waals surface area (Å²) >= 11 is 15.6. The van der Waals surface area contributed by atoms with Gasteiger partial charge in [-0.15, -0.1) is 0 Å². The monoisotopic (exact) mass is 452 g/mol. The number of thioether (sulfide) groups is 1. The Bertz CT molecular complexity index is 900. The van der Waals surface area contributed by atoms with Crippen LogP contribution < -0.4 is 5.43 Å². The number of benzene rings is 2. The van der Waals surface area contributed by atoms with E-state index in [1.165, 1.54) is 0 Å². The molecule has 1 heterocycles. The highest BCUT2D eigenvalue weighted by Gasteiger charge is 2.33. The van der Waals surface area contributed by atoms with E-state index in [2.05, 4.69) is 21.4 Å². The first-order valence-corrected chi connectivity index (χ1v) is 9.44. The Morgan fingerprint density at radius 2 is 1.96 bits per heavy atom. The molecular weight excluding hydrogens is 444 g/mol. The lowest BCUT2D eigenvalue weighted by molar-refractivity contribution is -0.123. The molecule has 0 atom stereocenters. The number of carbonyl (C=O) groups is 2. The second-order valence-corrected chi connectivity index (χ2v) is 8.05. The fourth-order valence-electron chi connectivity index (χ4n) is 2.08. The summed E-state index contributed by atoms with van der Waals surface area (Å²) in [6.45, 7) is 0.